The second kappa shape index (κ2) is 9.22. The van der Waals surface area contributed by atoms with Gasteiger partial charge in [0.25, 0.3) is 0 Å². The Hall–Kier alpha value is -0.560. The maximum Gasteiger partial charge on any atom is 0.102 e. The van der Waals surface area contributed by atoms with Crippen molar-refractivity contribution < 1.29 is 4.74 Å². The second-order valence-corrected chi connectivity index (χ2v) is 7.31. The third-order valence-corrected chi connectivity index (χ3v) is 5.19. The Morgan fingerprint density at radius 1 is 1.21 bits per heavy atom. The van der Waals surface area contributed by atoms with Crippen LogP contribution in [0.4, 0.5) is 0 Å². The second-order valence-electron chi connectivity index (χ2n) is 4.94. The number of rotatable bonds is 6. The standard InChI is InChI=1S/C16H13Cl3N2OS.BrH/c17-12-1-2-13(14(18)7-12)15(8-21-5-4-20-10-21)22-9-11-3-6-23-16(11)19;/h1-7,10,15H,8-9H2;1H. The van der Waals surface area contributed by atoms with E-state index in [1.807, 2.05) is 34.3 Å². The lowest BCUT2D eigenvalue weighted by Gasteiger charge is -2.20. The minimum absolute atomic E-state index is 0. The molecule has 2 heterocycles. The lowest BCUT2D eigenvalue weighted by Crippen LogP contribution is -2.12. The molecular formula is C16H14BrCl3N2OS. The molecule has 0 amide bonds. The molecule has 3 nitrogen and oxygen atoms in total. The van der Waals surface area contributed by atoms with Crippen molar-refractivity contribution in [2.75, 3.05) is 0 Å². The summed E-state index contributed by atoms with van der Waals surface area (Å²) in [5.41, 5.74) is 1.86. The van der Waals surface area contributed by atoms with Gasteiger partial charge >= 0.3 is 0 Å². The van der Waals surface area contributed by atoms with Crippen LogP contribution in [0.25, 0.3) is 0 Å². The van der Waals surface area contributed by atoms with Crippen LogP contribution in [0.15, 0.2) is 48.4 Å². The van der Waals surface area contributed by atoms with Crippen molar-refractivity contribution in [3.05, 3.63) is 73.9 Å². The fraction of sp³-hybridized carbons (Fsp3) is 0.188. The van der Waals surface area contributed by atoms with Crippen LogP contribution in [0.1, 0.15) is 17.2 Å². The number of ether oxygens (including phenoxy) is 1. The third kappa shape index (κ3) is 4.97. The van der Waals surface area contributed by atoms with Gasteiger partial charge in [0.05, 0.1) is 23.8 Å². The van der Waals surface area contributed by atoms with Crippen LogP contribution in [0, 0.1) is 0 Å². The van der Waals surface area contributed by atoms with Crippen LogP contribution >= 0.6 is 63.1 Å². The van der Waals surface area contributed by atoms with Crippen molar-refractivity contribution in [3.8, 4) is 0 Å². The molecule has 1 atom stereocenters. The summed E-state index contributed by atoms with van der Waals surface area (Å²) < 4.78 is 8.79. The molecule has 3 rings (SSSR count). The average molecular weight is 469 g/mol. The monoisotopic (exact) mass is 466 g/mol. The molecule has 1 aromatic carbocycles. The molecule has 0 aliphatic heterocycles. The molecule has 0 aliphatic rings. The van der Waals surface area contributed by atoms with Crippen LogP contribution < -0.4 is 0 Å². The van der Waals surface area contributed by atoms with Crippen molar-refractivity contribution in [3.63, 3.8) is 0 Å². The van der Waals surface area contributed by atoms with E-state index in [-0.39, 0.29) is 23.1 Å². The van der Waals surface area contributed by atoms with E-state index in [9.17, 15) is 0 Å². The van der Waals surface area contributed by atoms with Crippen LogP contribution in [0.3, 0.4) is 0 Å². The van der Waals surface area contributed by atoms with E-state index in [1.165, 1.54) is 11.3 Å². The van der Waals surface area contributed by atoms with Crippen molar-refractivity contribution in [2.24, 2.45) is 0 Å². The van der Waals surface area contributed by atoms with E-state index in [1.54, 1.807) is 18.6 Å². The zero-order valence-corrected chi connectivity index (χ0v) is 17.2. The fourth-order valence-electron chi connectivity index (χ4n) is 2.20. The van der Waals surface area contributed by atoms with E-state index in [2.05, 4.69) is 4.98 Å². The number of thiophene rings is 1. The summed E-state index contributed by atoms with van der Waals surface area (Å²) in [5.74, 6) is 0. The summed E-state index contributed by atoms with van der Waals surface area (Å²) >= 11 is 20.0. The van der Waals surface area contributed by atoms with Crippen molar-refractivity contribution in [1.82, 2.24) is 9.55 Å². The Morgan fingerprint density at radius 2 is 2.04 bits per heavy atom. The first-order chi connectivity index (χ1) is 11.1. The van der Waals surface area contributed by atoms with Gasteiger partial charge in [-0.25, -0.2) is 4.98 Å². The quantitative estimate of drug-likeness (QED) is 0.416. The Balaban J connectivity index is 0.00000208. The topological polar surface area (TPSA) is 27.1 Å². The van der Waals surface area contributed by atoms with Crippen molar-refractivity contribution in [2.45, 2.75) is 19.3 Å². The van der Waals surface area contributed by atoms with E-state index in [4.69, 9.17) is 39.5 Å². The van der Waals surface area contributed by atoms with E-state index in [0.29, 0.717) is 23.2 Å². The molecule has 2 aromatic heterocycles. The summed E-state index contributed by atoms with van der Waals surface area (Å²) in [6.07, 6.45) is 5.14. The minimum atomic E-state index is -0.232. The molecule has 128 valence electrons. The first-order valence-electron chi connectivity index (χ1n) is 6.87. The summed E-state index contributed by atoms with van der Waals surface area (Å²) in [7, 11) is 0. The van der Waals surface area contributed by atoms with Crippen LogP contribution in [0.2, 0.25) is 14.4 Å². The van der Waals surface area contributed by atoms with Crippen molar-refractivity contribution >= 4 is 63.1 Å². The molecule has 8 heteroatoms. The Labute approximate surface area is 169 Å². The highest BCUT2D eigenvalue weighted by Crippen LogP contribution is 2.32. The van der Waals surface area contributed by atoms with Gasteiger partial charge in [0.1, 0.15) is 6.10 Å². The Kier molecular flexibility index (Phi) is 7.60. The third-order valence-electron chi connectivity index (χ3n) is 3.38. The lowest BCUT2D eigenvalue weighted by atomic mass is 10.1. The highest BCUT2D eigenvalue weighted by molar-refractivity contribution is 8.93. The maximum atomic E-state index is 6.34. The predicted octanol–water partition coefficient (Wildman–Crippen LogP) is 6.44. The molecule has 0 saturated heterocycles. The number of hydrogen-bond acceptors (Lipinski definition) is 3. The zero-order valence-electron chi connectivity index (χ0n) is 12.4. The van der Waals surface area contributed by atoms with Gasteiger partial charge in [0.15, 0.2) is 0 Å². The molecule has 24 heavy (non-hydrogen) atoms. The van der Waals surface area contributed by atoms with E-state index >= 15 is 0 Å². The molecule has 0 N–H and O–H groups in total. The summed E-state index contributed by atoms with van der Waals surface area (Å²) in [6, 6.07) is 7.39. The molecule has 1 unspecified atom stereocenters. The molecule has 0 aliphatic carbocycles. The molecule has 0 bridgehead atoms. The number of aromatic nitrogens is 2. The molecule has 0 fully saturated rings. The first-order valence-corrected chi connectivity index (χ1v) is 8.89. The van der Waals surface area contributed by atoms with Gasteiger partial charge < -0.3 is 9.30 Å². The smallest absolute Gasteiger partial charge is 0.102 e. The van der Waals surface area contributed by atoms with Crippen molar-refractivity contribution in [1.29, 1.82) is 0 Å². The van der Waals surface area contributed by atoms with Gasteiger partial charge in [0, 0.05) is 33.6 Å². The minimum Gasteiger partial charge on any atom is -0.367 e. The fourth-order valence-corrected chi connectivity index (χ4v) is 3.63. The number of benzene rings is 1. The molecule has 3 aromatic rings. The highest BCUT2D eigenvalue weighted by atomic mass is 79.9. The Bertz CT molecular complexity index is 779. The number of halogens is 4. The highest BCUT2D eigenvalue weighted by Gasteiger charge is 2.17. The SMILES string of the molecule is Br.Clc1ccc(C(Cn2ccnc2)OCc2ccsc2Cl)c(Cl)c1. The Morgan fingerprint density at radius 3 is 2.67 bits per heavy atom. The lowest BCUT2D eigenvalue weighted by molar-refractivity contribution is 0.0282. The maximum absolute atomic E-state index is 6.34. The summed E-state index contributed by atoms with van der Waals surface area (Å²) in [4.78, 5) is 4.06. The van der Waals surface area contributed by atoms with Gasteiger partial charge in [-0.3, -0.25) is 0 Å². The normalized spacial score (nSPS) is 12.0. The van der Waals surface area contributed by atoms with Crippen LogP contribution in [0.5, 0.6) is 0 Å². The first kappa shape index (κ1) is 19.8. The van der Waals surface area contributed by atoms with Gasteiger partial charge in [-0.15, -0.1) is 28.3 Å². The summed E-state index contributed by atoms with van der Waals surface area (Å²) in [6.45, 7) is 1.02. The van der Waals surface area contributed by atoms with E-state index < -0.39 is 0 Å². The van der Waals surface area contributed by atoms with Gasteiger partial charge in [0.2, 0.25) is 0 Å². The molecule has 0 saturated carbocycles. The van der Waals surface area contributed by atoms with Crippen LogP contribution in [-0.2, 0) is 17.9 Å². The van der Waals surface area contributed by atoms with Gasteiger partial charge in [-0.1, -0.05) is 40.9 Å². The van der Waals surface area contributed by atoms with E-state index in [0.717, 1.165) is 15.5 Å². The summed E-state index contributed by atoms with van der Waals surface area (Å²) in [5, 5.41) is 3.13. The number of imidazole rings is 1. The molecular weight excluding hydrogens is 455 g/mol. The number of hydrogen-bond donors (Lipinski definition) is 0. The van der Waals surface area contributed by atoms with Gasteiger partial charge in [-0.2, -0.15) is 0 Å². The molecule has 0 radical (unpaired) electrons. The molecule has 0 spiro atoms. The predicted molar refractivity (Wildman–Crippen MR) is 106 cm³/mol. The van der Waals surface area contributed by atoms with Crippen LogP contribution in [-0.4, -0.2) is 9.55 Å². The van der Waals surface area contributed by atoms with Gasteiger partial charge in [-0.05, 0) is 23.6 Å². The zero-order chi connectivity index (χ0) is 16.2. The number of nitrogens with zero attached hydrogens (tertiary/aromatic N) is 2. The largest absolute Gasteiger partial charge is 0.367 e. The average Bonchev–Trinajstić information content (AvgIpc) is 3.16.